The van der Waals surface area contributed by atoms with Crippen LogP contribution in [0.25, 0.3) is 0 Å². The van der Waals surface area contributed by atoms with Crippen molar-refractivity contribution in [3.63, 3.8) is 0 Å². The van der Waals surface area contributed by atoms with Crippen molar-refractivity contribution in [2.45, 2.75) is 44.8 Å². The van der Waals surface area contributed by atoms with E-state index in [9.17, 15) is 9.90 Å². The van der Waals surface area contributed by atoms with E-state index in [0.717, 1.165) is 45.5 Å². The van der Waals surface area contributed by atoms with Crippen LogP contribution in [0.2, 0.25) is 0 Å². The number of nitrogens with one attached hydrogen (secondary N) is 1. The Bertz CT molecular complexity index is 316. The van der Waals surface area contributed by atoms with Gasteiger partial charge in [-0.25, -0.2) is 0 Å². The number of hydrogen-bond acceptors (Lipinski definition) is 4. The minimum atomic E-state index is -0.714. The third kappa shape index (κ3) is 3.68. The van der Waals surface area contributed by atoms with E-state index in [0.29, 0.717) is 12.5 Å². The number of aliphatic carboxylic acids is 1. The first-order chi connectivity index (χ1) is 9.02. The second kappa shape index (κ2) is 6.20. The molecular weight excluding hydrogens is 244 g/mol. The van der Waals surface area contributed by atoms with E-state index >= 15 is 0 Å². The molecule has 2 rings (SSSR count). The lowest BCUT2D eigenvalue weighted by molar-refractivity contribution is -0.149. The summed E-state index contributed by atoms with van der Waals surface area (Å²) in [5.41, 5.74) is -0.677. The van der Waals surface area contributed by atoms with Crippen molar-refractivity contribution >= 4 is 5.97 Å². The molecule has 1 saturated heterocycles. The Kier molecular flexibility index (Phi) is 4.81. The van der Waals surface area contributed by atoms with Crippen LogP contribution < -0.4 is 5.32 Å². The van der Waals surface area contributed by atoms with Crippen molar-refractivity contribution in [2.75, 3.05) is 32.8 Å². The van der Waals surface area contributed by atoms with E-state index in [1.165, 1.54) is 0 Å². The Hall–Kier alpha value is -0.650. The molecule has 5 heteroatoms. The predicted octanol–water partition coefficient (Wildman–Crippen LogP) is 0.940. The molecule has 19 heavy (non-hydrogen) atoms. The molecule has 2 fully saturated rings. The molecule has 0 amide bonds. The Morgan fingerprint density at radius 3 is 2.79 bits per heavy atom. The lowest BCUT2D eigenvalue weighted by Crippen LogP contribution is -2.60. The molecule has 0 bridgehead atoms. The highest BCUT2D eigenvalue weighted by Crippen LogP contribution is 2.32. The van der Waals surface area contributed by atoms with Crippen LogP contribution in [0.3, 0.4) is 0 Å². The van der Waals surface area contributed by atoms with E-state index in [1.54, 1.807) is 0 Å². The number of rotatable bonds is 6. The second-order valence-corrected chi connectivity index (χ2v) is 6.27. The van der Waals surface area contributed by atoms with Crippen LogP contribution in [-0.2, 0) is 9.53 Å². The minimum absolute atomic E-state index is 0.115. The summed E-state index contributed by atoms with van der Waals surface area (Å²) in [5, 5.41) is 12.5. The van der Waals surface area contributed by atoms with Crippen LogP contribution in [0.5, 0.6) is 0 Å². The van der Waals surface area contributed by atoms with Crippen LogP contribution in [0.15, 0.2) is 0 Å². The molecule has 0 aromatic carbocycles. The first-order valence-corrected chi connectivity index (χ1v) is 7.34. The fourth-order valence-electron chi connectivity index (χ4n) is 2.89. The van der Waals surface area contributed by atoms with Crippen LogP contribution in [-0.4, -0.2) is 60.4 Å². The monoisotopic (exact) mass is 270 g/mol. The fraction of sp³-hybridized carbons (Fsp3) is 0.929. The smallest absolute Gasteiger partial charge is 0.323 e. The minimum Gasteiger partial charge on any atom is -0.480 e. The molecule has 0 aromatic rings. The highest BCUT2D eigenvalue weighted by Gasteiger charge is 2.44. The maximum absolute atomic E-state index is 11.3. The molecule has 1 unspecified atom stereocenters. The average molecular weight is 270 g/mol. The third-order valence-electron chi connectivity index (χ3n) is 4.13. The topological polar surface area (TPSA) is 61.8 Å². The summed E-state index contributed by atoms with van der Waals surface area (Å²) >= 11 is 0. The molecule has 1 aliphatic heterocycles. The summed E-state index contributed by atoms with van der Waals surface area (Å²) in [4.78, 5) is 13.7. The van der Waals surface area contributed by atoms with Gasteiger partial charge in [0, 0.05) is 26.2 Å². The van der Waals surface area contributed by atoms with Crippen molar-refractivity contribution in [3.8, 4) is 0 Å². The van der Waals surface area contributed by atoms with Gasteiger partial charge < -0.3 is 9.84 Å². The van der Waals surface area contributed by atoms with Crippen molar-refractivity contribution in [3.05, 3.63) is 0 Å². The molecule has 2 aliphatic rings. The summed E-state index contributed by atoms with van der Waals surface area (Å²) in [5.74, 6) is -0.0581. The van der Waals surface area contributed by atoms with Crippen LogP contribution in [0.1, 0.15) is 33.1 Å². The van der Waals surface area contributed by atoms with Crippen molar-refractivity contribution in [2.24, 2.45) is 5.92 Å². The zero-order valence-corrected chi connectivity index (χ0v) is 12.0. The van der Waals surface area contributed by atoms with Crippen LogP contribution in [0, 0.1) is 5.92 Å². The Labute approximate surface area is 115 Å². The van der Waals surface area contributed by atoms with Crippen molar-refractivity contribution in [1.82, 2.24) is 10.2 Å². The molecule has 0 radical (unpaired) electrons. The number of morpholine rings is 1. The van der Waals surface area contributed by atoms with Crippen molar-refractivity contribution in [1.29, 1.82) is 0 Å². The molecule has 0 spiro atoms. The maximum atomic E-state index is 11.3. The lowest BCUT2D eigenvalue weighted by atomic mass is 9.76. The Morgan fingerprint density at radius 2 is 2.26 bits per heavy atom. The van der Waals surface area contributed by atoms with Gasteiger partial charge in [-0.1, -0.05) is 13.8 Å². The number of ether oxygens (including phenoxy) is 1. The van der Waals surface area contributed by atoms with E-state index < -0.39 is 11.5 Å². The lowest BCUT2D eigenvalue weighted by Gasteiger charge is -2.41. The zero-order chi connectivity index (χ0) is 13.9. The third-order valence-corrected chi connectivity index (χ3v) is 4.13. The maximum Gasteiger partial charge on any atom is 0.323 e. The molecule has 0 aromatic heterocycles. The average Bonchev–Trinajstić information content (AvgIpc) is 2.26. The van der Waals surface area contributed by atoms with Gasteiger partial charge in [0.25, 0.3) is 0 Å². The van der Waals surface area contributed by atoms with E-state index in [-0.39, 0.29) is 6.10 Å². The van der Waals surface area contributed by atoms with Gasteiger partial charge >= 0.3 is 5.97 Å². The van der Waals surface area contributed by atoms with Gasteiger partial charge in [0.15, 0.2) is 0 Å². The van der Waals surface area contributed by atoms with Gasteiger partial charge in [-0.3, -0.25) is 15.0 Å². The van der Waals surface area contributed by atoms with E-state index in [1.807, 2.05) is 0 Å². The normalized spacial score (nSPS) is 27.2. The number of hydrogen-bond donors (Lipinski definition) is 2. The standard InChI is InChI=1S/C14H26N2O3/c1-11(2)9-16-6-7-19-12(10-16)8-15-14(13(17)18)4-3-5-14/h11-12,15H,3-10H2,1-2H3,(H,17,18). The van der Waals surface area contributed by atoms with Gasteiger partial charge in [-0.05, 0) is 25.2 Å². The van der Waals surface area contributed by atoms with Crippen LogP contribution in [0.4, 0.5) is 0 Å². The van der Waals surface area contributed by atoms with Gasteiger partial charge in [0.2, 0.25) is 0 Å². The van der Waals surface area contributed by atoms with Crippen molar-refractivity contribution < 1.29 is 14.6 Å². The summed E-state index contributed by atoms with van der Waals surface area (Å²) in [7, 11) is 0. The second-order valence-electron chi connectivity index (χ2n) is 6.27. The van der Waals surface area contributed by atoms with Gasteiger partial charge in [-0.2, -0.15) is 0 Å². The molecule has 5 nitrogen and oxygen atoms in total. The number of carbonyl (C=O) groups is 1. The molecule has 110 valence electrons. The molecular formula is C14H26N2O3. The fourth-order valence-corrected chi connectivity index (χ4v) is 2.89. The van der Waals surface area contributed by atoms with Gasteiger partial charge in [-0.15, -0.1) is 0 Å². The largest absolute Gasteiger partial charge is 0.480 e. The number of carboxylic acids is 1. The molecule has 2 N–H and O–H groups in total. The molecule has 1 heterocycles. The summed E-state index contributed by atoms with van der Waals surface area (Å²) in [6, 6.07) is 0. The SMILES string of the molecule is CC(C)CN1CCOC(CNC2(C(=O)O)CCC2)C1. The van der Waals surface area contributed by atoms with E-state index in [2.05, 4.69) is 24.1 Å². The summed E-state index contributed by atoms with van der Waals surface area (Å²) in [6.07, 6.45) is 2.60. The first-order valence-electron chi connectivity index (χ1n) is 7.34. The predicted molar refractivity (Wildman–Crippen MR) is 73.2 cm³/mol. The zero-order valence-electron chi connectivity index (χ0n) is 12.0. The molecule has 1 atom stereocenters. The Balaban J connectivity index is 1.77. The summed E-state index contributed by atoms with van der Waals surface area (Å²) < 4.78 is 5.74. The first kappa shape index (κ1) is 14.8. The van der Waals surface area contributed by atoms with E-state index in [4.69, 9.17) is 4.74 Å². The molecule has 1 saturated carbocycles. The Morgan fingerprint density at radius 1 is 1.53 bits per heavy atom. The highest BCUT2D eigenvalue weighted by atomic mass is 16.5. The highest BCUT2D eigenvalue weighted by molar-refractivity contribution is 5.79. The summed E-state index contributed by atoms with van der Waals surface area (Å²) in [6.45, 7) is 8.80. The number of carboxylic acid groups (broad SMARTS) is 1. The van der Waals surface area contributed by atoms with Gasteiger partial charge in [0.05, 0.1) is 12.7 Å². The van der Waals surface area contributed by atoms with Gasteiger partial charge in [0.1, 0.15) is 5.54 Å². The molecule has 1 aliphatic carbocycles. The van der Waals surface area contributed by atoms with Crippen LogP contribution >= 0.6 is 0 Å². The quantitative estimate of drug-likeness (QED) is 0.752. The number of nitrogens with zero attached hydrogens (tertiary/aromatic N) is 1.